The number of nitrogens with two attached hydrogens (primary N) is 1. The number of rotatable bonds is 4. The minimum atomic E-state index is -1.15. The summed E-state index contributed by atoms with van der Waals surface area (Å²) >= 11 is 0. The summed E-state index contributed by atoms with van der Waals surface area (Å²) < 4.78 is 0. The van der Waals surface area contributed by atoms with Crippen LogP contribution in [-0.4, -0.2) is 40.3 Å². The molecule has 0 aromatic rings. The first-order valence-electron chi connectivity index (χ1n) is 4.05. The Bertz CT molecular complexity index is 311. The lowest BCUT2D eigenvalue weighted by Crippen LogP contribution is -2.58. The Morgan fingerprint density at radius 1 is 1.86 bits per heavy atom. The molecule has 1 fully saturated rings. The first-order chi connectivity index (χ1) is 6.56. The zero-order valence-corrected chi connectivity index (χ0v) is 7.51. The Morgan fingerprint density at radius 3 is 2.86 bits per heavy atom. The second-order valence-corrected chi connectivity index (χ2v) is 2.87. The third-order valence-corrected chi connectivity index (χ3v) is 1.77. The maximum atomic E-state index is 11.0. The van der Waals surface area contributed by atoms with Gasteiger partial charge in [-0.15, -0.1) is 6.58 Å². The van der Waals surface area contributed by atoms with Crippen molar-refractivity contribution >= 4 is 17.6 Å². The molecule has 1 atom stereocenters. The molecule has 0 aromatic heterocycles. The molecule has 0 aliphatic carbocycles. The van der Waals surface area contributed by atoms with E-state index in [2.05, 4.69) is 11.7 Å². The van der Waals surface area contributed by atoms with Crippen LogP contribution in [0.3, 0.4) is 0 Å². The average Bonchev–Trinajstić information content (AvgIpc) is 2.15. The van der Waals surface area contributed by atoms with Gasteiger partial charge < -0.3 is 10.8 Å². The maximum absolute atomic E-state index is 11.0. The van der Waals surface area contributed by atoms with E-state index in [1.807, 2.05) is 0 Å². The van der Waals surface area contributed by atoms with Crippen LogP contribution in [0.1, 0.15) is 6.42 Å². The van der Waals surface area contributed by atoms with Gasteiger partial charge in [-0.05, 0) is 0 Å². The summed E-state index contributed by atoms with van der Waals surface area (Å²) in [6, 6.07) is -0.544. The number of carbonyl (C=O) groups is 2. The van der Waals surface area contributed by atoms with Crippen LogP contribution < -0.4 is 5.73 Å². The van der Waals surface area contributed by atoms with Gasteiger partial charge in [-0.25, -0.2) is 9.80 Å². The van der Waals surface area contributed by atoms with Crippen LogP contribution in [0.5, 0.6) is 0 Å². The molecule has 0 saturated carbocycles. The van der Waals surface area contributed by atoms with E-state index in [0.29, 0.717) is 0 Å². The van der Waals surface area contributed by atoms with E-state index in [9.17, 15) is 9.59 Å². The van der Waals surface area contributed by atoms with E-state index in [-0.39, 0.29) is 24.6 Å². The molecule has 0 unspecified atom stereocenters. The summed E-state index contributed by atoms with van der Waals surface area (Å²) in [6.45, 7) is 3.67. The van der Waals surface area contributed by atoms with Gasteiger partial charge in [0.2, 0.25) is 0 Å². The van der Waals surface area contributed by atoms with Crippen LogP contribution in [0, 0.1) is 0 Å². The van der Waals surface area contributed by atoms with Crippen LogP contribution >= 0.6 is 0 Å². The number of hydrazone groups is 1. The predicted molar refractivity (Wildman–Crippen MR) is 49.6 cm³/mol. The largest absolute Gasteiger partial charge is 0.477 e. The highest BCUT2D eigenvalue weighted by Gasteiger charge is 2.34. The Labute approximate surface area is 80.7 Å². The molecule has 3 N–H and O–H groups in total. The van der Waals surface area contributed by atoms with Gasteiger partial charge in [-0.2, -0.15) is 5.10 Å². The van der Waals surface area contributed by atoms with Gasteiger partial charge in [0.05, 0.1) is 6.54 Å². The molecule has 1 heterocycles. The van der Waals surface area contributed by atoms with E-state index in [1.165, 1.54) is 6.08 Å². The summed E-state index contributed by atoms with van der Waals surface area (Å²) in [4.78, 5) is 21.6. The second-order valence-electron chi connectivity index (χ2n) is 2.87. The summed E-state index contributed by atoms with van der Waals surface area (Å²) in [6.07, 6.45) is 1.53. The van der Waals surface area contributed by atoms with Crippen molar-refractivity contribution in [2.24, 2.45) is 10.8 Å². The molecule has 1 saturated heterocycles. The van der Waals surface area contributed by atoms with Crippen molar-refractivity contribution in [1.82, 2.24) is 5.01 Å². The molecule has 0 spiro atoms. The molecule has 76 valence electrons. The number of carboxylic acids is 1. The Hall–Kier alpha value is -1.69. The van der Waals surface area contributed by atoms with Gasteiger partial charge in [0, 0.05) is 6.42 Å². The van der Waals surface area contributed by atoms with Crippen LogP contribution in [0.4, 0.5) is 0 Å². The van der Waals surface area contributed by atoms with E-state index < -0.39 is 12.0 Å². The van der Waals surface area contributed by atoms with Crippen molar-refractivity contribution in [3.05, 3.63) is 12.7 Å². The predicted octanol–water partition coefficient (Wildman–Crippen LogP) is -0.827. The third-order valence-electron chi connectivity index (χ3n) is 1.77. The van der Waals surface area contributed by atoms with Crippen LogP contribution in [0.15, 0.2) is 17.8 Å². The first kappa shape index (κ1) is 10.4. The highest BCUT2D eigenvalue weighted by molar-refractivity contribution is 6.36. The van der Waals surface area contributed by atoms with E-state index in [1.54, 1.807) is 0 Å². The normalized spacial score (nSPS) is 21.8. The standard InChI is InChI=1S/C8H11N3O3/c1-2-3-6(8(13)14)10-11-4-5(9)7(11)12/h2,5H,1,3-4,9H2,(H,13,14)/t5-/m0/s1. The van der Waals surface area contributed by atoms with E-state index in [4.69, 9.17) is 10.8 Å². The number of allylic oxidation sites excluding steroid dienone is 1. The minimum absolute atomic E-state index is 0.111. The number of hydrogen-bond donors (Lipinski definition) is 2. The second kappa shape index (κ2) is 4.01. The zero-order valence-electron chi connectivity index (χ0n) is 7.51. The number of carboxylic acid groups (broad SMARTS) is 1. The van der Waals surface area contributed by atoms with E-state index in [0.717, 1.165) is 5.01 Å². The van der Waals surface area contributed by atoms with Crippen LogP contribution in [-0.2, 0) is 9.59 Å². The smallest absolute Gasteiger partial charge is 0.352 e. The van der Waals surface area contributed by atoms with Gasteiger partial charge in [0.25, 0.3) is 5.91 Å². The maximum Gasteiger partial charge on any atom is 0.352 e. The summed E-state index contributed by atoms with van der Waals surface area (Å²) in [5.41, 5.74) is 5.20. The van der Waals surface area contributed by atoms with Gasteiger partial charge in [0.15, 0.2) is 0 Å². The Balaban J connectivity index is 2.68. The number of nitrogens with zero attached hydrogens (tertiary/aromatic N) is 2. The molecule has 1 amide bonds. The summed E-state index contributed by atoms with van der Waals surface area (Å²) in [7, 11) is 0. The number of β-lactam (4-membered cyclic amide) rings is 1. The molecule has 0 aromatic carbocycles. The molecule has 1 rings (SSSR count). The van der Waals surface area contributed by atoms with Crippen molar-refractivity contribution in [3.8, 4) is 0 Å². The fourth-order valence-electron chi connectivity index (χ4n) is 0.977. The molecule has 0 bridgehead atoms. The highest BCUT2D eigenvalue weighted by atomic mass is 16.4. The average molecular weight is 197 g/mol. The topological polar surface area (TPSA) is 96.0 Å². The Morgan fingerprint density at radius 2 is 2.50 bits per heavy atom. The lowest BCUT2D eigenvalue weighted by molar-refractivity contribution is -0.142. The summed E-state index contributed by atoms with van der Waals surface area (Å²) in [5.74, 6) is -1.51. The van der Waals surface area contributed by atoms with Gasteiger partial charge in [-0.3, -0.25) is 4.79 Å². The van der Waals surface area contributed by atoms with Gasteiger partial charge in [-0.1, -0.05) is 6.08 Å². The fourth-order valence-corrected chi connectivity index (χ4v) is 0.977. The van der Waals surface area contributed by atoms with Crippen LogP contribution in [0.2, 0.25) is 0 Å². The van der Waals surface area contributed by atoms with Crippen molar-refractivity contribution in [2.75, 3.05) is 6.54 Å². The zero-order chi connectivity index (χ0) is 10.7. The van der Waals surface area contributed by atoms with Crippen molar-refractivity contribution in [3.63, 3.8) is 0 Å². The molecule has 0 radical (unpaired) electrons. The Kier molecular flexibility index (Phi) is 2.98. The molecular weight excluding hydrogens is 186 g/mol. The lowest BCUT2D eigenvalue weighted by atomic mass is 10.1. The monoisotopic (exact) mass is 197 g/mol. The quantitative estimate of drug-likeness (QED) is 0.349. The number of hydrogen-bond acceptors (Lipinski definition) is 4. The first-order valence-corrected chi connectivity index (χ1v) is 4.05. The number of amides is 1. The lowest BCUT2D eigenvalue weighted by Gasteiger charge is -2.31. The molecule has 1 aliphatic heterocycles. The molecule has 6 heteroatoms. The van der Waals surface area contributed by atoms with Gasteiger partial charge >= 0.3 is 5.97 Å². The summed E-state index contributed by atoms with van der Waals surface area (Å²) in [5, 5.41) is 13.4. The van der Waals surface area contributed by atoms with Crippen molar-refractivity contribution in [1.29, 1.82) is 0 Å². The molecule has 6 nitrogen and oxygen atoms in total. The fraction of sp³-hybridized carbons (Fsp3) is 0.375. The van der Waals surface area contributed by atoms with E-state index >= 15 is 0 Å². The number of carbonyl (C=O) groups excluding carboxylic acids is 1. The molecule has 1 aliphatic rings. The van der Waals surface area contributed by atoms with Gasteiger partial charge in [0.1, 0.15) is 11.8 Å². The highest BCUT2D eigenvalue weighted by Crippen LogP contribution is 2.09. The molecule has 14 heavy (non-hydrogen) atoms. The van der Waals surface area contributed by atoms with Crippen molar-refractivity contribution in [2.45, 2.75) is 12.5 Å². The minimum Gasteiger partial charge on any atom is -0.477 e. The van der Waals surface area contributed by atoms with Crippen molar-refractivity contribution < 1.29 is 14.7 Å². The third kappa shape index (κ3) is 1.97. The number of aliphatic carboxylic acids is 1. The van der Waals surface area contributed by atoms with Crippen LogP contribution in [0.25, 0.3) is 0 Å². The molecular formula is C8H11N3O3. The SMILES string of the molecule is C=CCC(=NN1C[C@H](N)C1=O)C(=O)O.